The van der Waals surface area contributed by atoms with Gasteiger partial charge < -0.3 is 5.32 Å². The van der Waals surface area contributed by atoms with Crippen molar-refractivity contribution < 1.29 is 0 Å². The van der Waals surface area contributed by atoms with Crippen LogP contribution in [0.4, 0.5) is 0 Å². The molecule has 0 unspecified atom stereocenters. The first-order valence-corrected chi connectivity index (χ1v) is 4.99. The van der Waals surface area contributed by atoms with Crippen LogP contribution in [0.5, 0.6) is 0 Å². The molecule has 0 radical (unpaired) electrons. The summed E-state index contributed by atoms with van der Waals surface area (Å²) >= 11 is 0. The van der Waals surface area contributed by atoms with Crippen molar-refractivity contribution in [3.8, 4) is 0 Å². The van der Waals surface area contributed by atoms with E-state index in [9.17, 15) is 0 Å². The molecule has 2 heterocycles. The van der Waals surface area contributed by atoms with Crippen molar-refractivity contribution in [1.29, 1.82) is 0 Å². The lowest BCUT2D eigenvalue weighted by Gasteiger charge is -2.28. The molecule has 1 aliphatic rings. The summed E-state index contributed by atoms with van der Waals surface area (Å²) in [7, 11) is 0. The molecule has 0 bridgehead atoms. The molecule has 0 spiro atoms. The molecule has 72 valence electrons. The van der Waals surface area contributed by atoms with Crippen LogP contribution in [0.1, 0.15) is 29.9 Å². The molecular weight excluding hydrogens is 162 g/mol. The van der Waals surface area contributed by atoms with E-state index in [4.69, 9.17) is 0 Å². The first kappa shape index (κ1) is 8.75. The number of nitrogens with one attached hydrogen (secondary N) is 1. The maximum absolute atomic E-state index is 4.58. The lowest BCUT2D eigenvalue weighted by atomic mass is 10.1. The maximum atomic E-state index is 4.58. The molecule has 1 aromatic heterocycles. The molecule has 1 aromatic rings. The summed E-state index contributed by atoms with van der Waals surface area (Å²) in [5.41, 5.74) is 3.98. The highest BCUT2D eigenvalue weighted by atomic mass is 15.3. The second kappa shape index (κ2) is 3.14. The predicted molar refractivity (Wildman–Crippen MR) is 53.0 cm³/mol. The summed E-state index contributed by atoms with van der Waals surface area (Å²) in [6.07, 6.45) is 1.10. The highest BCUT2D eigenvalue weighted by molar-refractivity contribution is 5.25. The Kier molecular flexibility index (Phi) is 2.12. The van der Waals surface area contributed by atoms with Gasteiger partial charge in [0, 0.05) is 18.8 Å². The molecule has 0 saturated carbocycles. The van der Waals surface area contributed by atoms with Crippen LogP contribution in [-0.4, -0.2) is 22.9 Å². The van der Waals surface area contributed by atoms with Gasteiger partial charge in [-0.05, 0) is 25.8 Å². The minimum atomic E-state index is 0.596. The molecule has 2 rings (SSSR count). The fourth-order valence-electron chi connectivity index (χ4n) is 2.01. The molecule has 1 fully saturated rings. The van der Waals surface area contributed by atoms with Crippen molar-refractivity contribution in [2.45, 2.75) is 33.2 Å². The van der Waals surface area contributed by atoms with Crippen LogP contribution < -0.4 is 5.32 Å². The van der Waals surface area contributed by atoms with Gasteiger partial charge in [-0.1, -0.05) is 6.92 Å². The van der Waals surface area contributed by atoms with E-state index >= 15 is 0 Å². The molecule has 0 aliphatic carbocycles. The highest BCUT2D eigenvalue weighted by Crippen LogP contribution is 2.19. The number of rotatable bonds is 2. The fraction of sp³-hybridized carbons (Fsp3) is 0.700. The quantitative estimate of drug-likeness (QED) is 0.739. The van der Waals surface area contributed by atoms with Crippen LogP contribution in [0.2, 0.25) is 0 Å². The van der Waals surface area contributed by atoms with E-state index < -0.39 is 0 Å². The topological polar surface area (TPSA) is 29.9 Å². The molecule has 1 N–H and O–H groups in total. The van der Waals surface area contributed by atoms with Crippen LogP contribution in [0, 0.1) is 13.8 Å². The molecule has 3 nitrogen and oxygen atoms in total. The van der Waals surface area contributed by atoms with Crippen molar-refractivity contribution >= 4 is 0 Å². The van der Waals surface area contributed by atoms with Gasteiger partial charge in [-0.15, -0.1) is 0 Å². The SMILES string of the molecule is CCc1c(C)nn(C2CNC2)c1C. The Hall–Kier alpha value is -0.830. The Morgan fingerprint density at radius 2 is 2.15 bits per heavy atom. The summed E-state index contributed by atoms with van der Waals surface area (Å²) in [6, 6.07) is 0.596. The molecule has 0 aromatic carbocycles. The number of aryl methyl sites for hydroxylation is 1. The molecule has 1 saturated heterocycles. The molecular formula is C10H17N3. The van der Waals surface area contributed by atoms with Gasteiger partial charge in [-0.2, -0.15) is 5.10 Å². The van der Waals surface area contributed by atoms with E-state index in [1.165, 1.54) is 17.0 Å². The van der Waals surface area contributed by atoms with E-state index in [1.54, 1.807) is 0 Å². The lowest BCUT2D eigenvalue weighted by Crippen LogP contribution is -2.44. The van der Waals surface area contributed by atoms with Crippen molar-refractivity contribution in [3.05, 3.63) is 17.0 Å². The van der Waals surface area contributed by atoms with Crippen LogP contribution >= 0.6 is 0 Å². The van der Waals surface area contributed by atoms with E-state index in [0.29, 0.717) is 6.04 Å². The second-order valence-corrected chi connectivity index (χ2v) is 3.76. The van der Waals surface area contributed by atoms with Gasteiger partial charge in [0.25, 0.3) is 0 Å². The van der Waals surface area contributed by atoms with Crippen LogP contribution in [-0.2, 0) is 6.42 Å². The molecule has 3 heteroatoms. The maximum Gasteiger partial charge on any atom is 0.0770 e. The monoisotopic (exact) mass is 179 g/mol. The summed E-state index contributed by atoms with van der Waals surface area (Å²) in [6.45, 7) is 8.63. The van der Waals surface area contributed by atoms with Crippen molar-refractivity contribution in [3.63, 3.8) is 0 Å². The van der Waals surface area contributed by atoms with Gasteiger partial charge in [0.05, 0.1) is 11.7 Å². The minimum Gasteiger partial charge on any atom is -0.312 e. The Balaban J connectivity index is 2.35. The fourth-order valence-corrected chi connectivity index (χ4v) is 2.01. The summed E-state index contributed by atoms with van der Waals surface area (Å²) in [5, 5.41) is 7.85. The Labute approximate surface area is 79.1 Å². The average Bonchev–Trinajstić information content (AvgIpc) is 2.25. The second-order valence-electron chi connectivity index (χ2n) is 3.76. The minimum absolute atomic E-state index is 0.596. The third-order valence-electron chi connectivity index (χ3n) is 2.93. The van der Waals surface area contributed by atoms with Crippen molar-refractivity contribution in [2.24, 2.45) is 0 Å². The van der Waals surface area contributed by atoms with E-state index in [1.807, 2.05) is 0 Å². The van der Waals surface area contributed by atoms with Gasteiger partial charge in [-0.25, -0.2) is 0 Å². The van der Waals surface area contributed by atoms with Crippen LogP contribution in [0.15, 0.2) is 0 Å². The zero-order valence-electron chi connectivity index (χ0n) is 8.59. The van der Waals surface area contributed by atoms with Gasteiger partial charge >= 0.3 is 0 Å². The van der Waals surface area contributed by atoms with E-state index in [0.717, 1.165) is 19.5 Å². The summed E-state index contributed by atoms with van der Waals surface area (Å²) in [4.78, 5) is 0. The Bertz CT molecular complexity index is 310. The third-order valence-corrected chi connectivity index (χ3v) is 2.93. The van der Waals surface area contributed by atoms with Gasteiger partial charge in [0.15, 0.2) is 0 Å². The summed E-state index contributed by atoms with van der Waals surface area (Å²) < 4.78 is 2.19. The van der Waals surface area contributed by atoms with Crippen molar-refractivity contribution in [1.82, 2.24) is 15.1 Å². The van der Waals surface area contributed by atoms with Gasteiger partial charge in [0.2, 0.25) is 0 Å². The predicted octanol–water partition coefficient (Wildman–Crippen LogP) is 1.21. The Morgan fingerprint density at radius 1 is 1.46 bits per heavy atom. The highest BCUT2D eigenvalue weighted by Gasteiger charge is 2.22. The number of aromatic nitrogens is 2. The molecule has 0 atom stereocenters. The van der Waals surface area contributed by atoms with Crippen LogP contribution in [0.25, 0.3) is 0 Å². The normalized spacial score (nSPS) is 17.5. The molecule has 1 aliphatic heterocycles. The van der Waals surface area contributed by atoms with Gasteiger partial charge in [-0.3, -0.25) is 4.68 Å². The standard InChI is InChI=1S/C10H17N3/c1-4-10-7(2)12-13(8(10)3)9-5-11-6-9/h9,11H,4-6H2,1-3H3. The largest absolute Gasteiger partial charge is 0.312 e. The lowest BCUT2D eigenvalue weighted by molar-refractivity contribution is 0.312. The summed E-state index contributed by atoms with van der Waals surface area (Å²) in [5.74, 6) is 0. The zero-order chi connectivity index (χ0) is 9.42. The number of nitrogens with zero attached hydrogens (tertiary/aromatic N) is 2. The van der Waals surface area contributed by atoms with Gasteiger partial charge in [0.1, 0.15) is 0 Å². The molecule has 0 amide bonds. The van der Waals surface area contributed by atoms with E-state index in [2.05, 4.69) is 35.9 Å². The van der Waals surface area contributed by atoms with E-state index in [-0.39, 0.29) is 0 Å². The van der Waals surface area contributed by atoms with Crippen LogP contribution in [0.3, 0.4) is 0 Å². The number of hydrogen-bond donors (Lipinski definition) is 1. The zero-order valence-corrected chi connectivity index (χ0v) is 8.59. The third kappa shape index (κ3) is 1.27. The first-order chi connectivity index (χ1) is 6.24. The first-order valence-electron chi connectivity index (χ1n) is 4.99. The number of hydrogen-bond acceptors (Lipinski definition) is 2. The Morgan fingerprint density at radius 3 is 2.54 bits per heavy atom. The average molecular weight is 179 g/mol. The molecule has 13 heavy (non-hydrogen) atoms. The van der Waals surface area contributed by atoms with Crippen molar-refractivity contribution in [2.75, 3.05) is 13.1 Å². The smallest absolute Gasteiger partial charge is 0.0770 e.